The van der Waals surface area contributed by atoms with E-state index >= 15 is 0 Å². The van der Waals surface area contributed by atoms with Gasteiger partial charge in [0.25, 0.3) is 0 Å². The van der Waals surface area contributed by atoms with E-state index in [0.29, 0.717) is 29.6 Å². The summed E-state index contributed by atoms with van der Waals surface area (Å²) in [6.45, 7) is 6.02. The Bertz CT molecular complexity index is 799. The zero-order valence-electron chi connectivity index (χ0n) is 16.1. The van der Waals surface area contributed by atoms with E-state index in [9.17, 15) is 8.42 Å². The number of rotatable bonds is 6. The first-order chi connectivity index (χ1) is 13.5. The van der Waals surface area contributed by atoms with Crippen molar-refractivity contribution < 1.29 is 18.5 Å². The van der Waals surface area contributed by atoms with Crippen molar-refractivity contribution in [3.63, 3.8) is 0 Å². The summed E-state index contributed by atoms with van der Waals surface area (Å²) in [6, 6.07) is 6.81. The molecule has 0 spiro atoms. The number of ether oxygens (including phenoxy) is 1. The molecule has 0 bridgehead atoms. The van der Waals surface area contributed by atoms with Gasteiger partial charge in [-0.15, -0.1) is 0 Å². The van der Waals surface area contributed by atoms with Gasteiger partial charge in [0.15, 0.2) is 5.11 Å². The van der Waals surface area contributed by atoms with E-state index in [1.807, 2.05) is 6.92 Å². The van der Waals surface area contributed by atoms with E-state index in [1.54, 1.807) is 28.6 Å². The zero-order chi connectivity index (χ0) is 20.0. The van der Waals surface area contributed by atoms with Gasteiger partial charge < -0.3 is 15.4 Å². The van der Waals surface area contributed by atoms with Gasteiger partial charge >= 0.3 is 0 Å². The largest absolute Gasteiger partial charge is 0.376 e. The molecule has 2 saturated heterocycles. The molecule has 2 heterocycles. The Morgan fingerprint density at radius 3 is 2.68 bits per heavy atom. The second kappa shape index (κ2) is 9.75. The van der Waals surface area contributed by atoms with Gasteiger partial charge in [-0.3, -0.25) is 5.43 Å². The highest BCUT2D eigenvalue weighted by Crippen LogP contribution is 2.17. The lowest BCUT2D eigenvalue weighted by Crippen LogP contribution is -2.89. The van der Waals surface area contributed by atoms with Crippen LogP contribution in [0.15, 0.2) is 34.3 Å². The van der Waals surface area contributed by atoms with Gasteiger partial charge in [-0.25, -0.2) is 8.42 Å². The molecule has 8 nitrogen and oxygen atoms in total. The van der Waals surface area contributed by atoms with Gasteiger partial charge in [-0.05, 0) is 49.7 Å². The lowest BCUT2D eigenvalue weighted by molar-refractivity contribution is -0.661. The second-order valence-corrected chi connectivity index (χ2v) is 9.29. The van der Waals surface area contributed by atoms with Gasteiger partial charge in [-0.1, -0.05) is 12.1 Å². The van der Waals surface area contributed by atoms with Crippen LogP contribution in [0.5, 0.6) is 0 Å². The number of hydrogen-bond donors (Lipinski definition) is 3. The Hall–Kier alpha value is -1.59. The fourth-order valence-corrected chi connectivity index (χ4v) is 4.83. The van der Waals surface area contributed by atoms with Crippen molar-refractivity contribution in [1.82, 2.24) is 15.0 Å². The van der Waals surface area contributed by atoms with Crippen molar-refractivity contribution in [2.24, 2.45) is 5.10 Å². The molecule has 1 aromatic carbocycles. The zero-order valence-corrected chi connectivity index (χ0v) is 17.7. The van der Waals surface area contributed by atoms with Gasteiger partial charge in [-0.2, -0.15) is 9.41 Å². The number of hydrogen-bond acceptors (Lipinski definition) is 5. The molecule has 1 aromatic rings. The fourth-order valence-electron chi connectivity index (χ4n) is 3.23. The molecule has 0 amide bonds. The van der Waals surface area contributed by atoms with Gasteiger partial charge in [0, 0.05) is 13.2 Å². The summed E-state index contributed by atoms with van der Waals surface area (Å²) in [5.74, 6) is 0. The summed E-state index contributed by atoms with van der Waals surface area (Å²) in [5, 5.41) is 9.94. The number of nitrogens with two attached hydrogens (primary N) is 1. The van der Waals surface area contributed by atoms with Crippen molar-refractivity contribution in [1.29, 1.82) is 0 Å². The topological polar surface area (TPSA) is 99.6 Å². The third-order valence-electron chi connectivity index (χ3n) is 4.91. The average Bonchev–Trinajstić information content (AvgIpc) is 3.25. The minimum Gasteiger partial charge on any atom is -0.376 e. The normalized spacial score (nSPS) is 21.5. The number of piperazine rings is 1. The Morgan fingerprint density at radius 2 is 2.04 bits per heavy atom. The van der Waals surface area contributed by atoms with Crippen LogP contribution in [-0.4, -0.2) is 69.0 Å². The lowest BCUT2D eigenvalue weighted by atomic mass is 10.1. The maximum Gasteiger partial charge on any atom is 0.243 e. The second-order valence-electron chi connectivity index (χ2n) is 6.95. The molecule has 28 heavy (non-hydrogen) atoms. The molecule has 0 radical (unpaired) electrons. The third-order valence-corrected chi connectivity index (χ3v) is 7.06. The van der Waals surface area contributed by atoms with Gasteiger partial charge in [0.1, 0.15) is 0 Å². The summed E-state index contributed by atoms with van der Waals surface area (Å²) in [6.07, 6.45) is 2.34. The summed E-state index contributed by atoms with van der Waals surface area (Å²) in [4.78, 5) is 0.313. The summed E-state index contributed by atoms with van der Waals surface area (Å²) in [5.41, 5.74) is 4.38. The van der Waals surface area contributed by atoms with Crippen molar-refractivity contribution in [3.05, 3.63) is 29.8 Å². The molecule has 0 saturated carbocycles. The smallest absolute Gasteiger partial charge is 0.243 e. The van der Waals surface area contributed by atoms with E-state index < -0.39 is 10.0 Å². The summed E-state index contributed by atoms with van der Waals surface area (Å²) in [7, 11) is -3.43. The maximum atomic E-state index is 12.7. The fraction of sp³-hybridized carbons (Fsp3) is 0.556. The van der Waals surface area contributed by atoms with Crippen molar-refractivity contribution >= 4 is 33.1 Å². The molecule has 2 aliphatic rings. The monoisotopic (exact) mass is 426 g/mol. The van der Waals surface area contributed by atoms with E-state index in [4.69, 9.17) is 17.0 Å². The third kappa shape index (κ3) is 5.48. The molecular weight excluding hydrogens is 398 g/mol. The first-order valence-corrected chi connectivity index (χ1v) is 11.4. The molecule has 2 aliphatic heterocycles. The van der Waals surface area contributed by atoms with Crippen molar-refractivity contribution in [3.8, 4) is 0 Å². The van der Waals surface area contributed by atoms with Crippen LogP contribution in [0.3, 0.4) is 0 Å². The van der Waals surface area contributed by atoms with E-state index in [2.05, 4.69) is 21.2 Å². The molecule has 2 fully saturated rings. The Balaban J connectivity index is 1.55. The number of hydrazone groups is 1. The van der Waals surface area contributed by atoms with Crippen molar-refractivity contribution in [2.45, 2.75) is 30.8 Å². The van der Waals surface area contributed by atoms with Gasteiger partial charge in [0.05, 0.1) is 42.9 Å². The Morgan fingerprint density at radius 1 is 1.32 bits per heavy atom. The number of nitrogens with zero attached hydrogens (tertiary/aromatic N) is 2. The number of benzene rings is 1. The SMILES string of the molecule is C/C(=N/NC(=S)NC[C@H]1CCCO1)c1ccc(S(=O)(=O)N2CC[NH2+]CC2)cc1. The van der Waals surface area contributed by atoms with Crippen LogP contribution in [0.1, 0.15) is 25.3 Å². The molecule has 1 atom stereocenters. The highest BCUT2D eigenvalue weighted by atomic mass is 32.2. The molecule has 0 aromatic heterocycles. The quantitative estimate of drug-likeness (QED) is 0.326. The van der Waals surface area contributed by atoms with Gasteiger partial charge in [0.2, 0.25) is 10.0 Å². The van der Waals surface area contributed by atoms with Crippen LogP contribution in [0.2, 0.25) is 0 Å². The predicted octanol–water partition coefficient (Wildman–Crippen LogP) is -0.379. The van der Waals surface area contributed by atoms with Crippen LogP contribution < -0.4 is 16.1 Å². The van der Waals surface area contributed by atoms with Crippen LogP contribution in [-0.2, 0) is 14.8 Å². The Kier molecular flexibility index (Phi) is 7.36. The van der Waals surface area contributed by atoms with Crippen LogP contribution >= 0.6 is 12.2 Å². The molecule has 10 heteroatoms. The highest BCUT2D eigenvalue weighted by molar-refractivity contribution is 7.89. The molecular formula is C18H28N5O3S2+. The minimum atomic E-state index is -3.43. The lowest BCUT2D eigenvalue weighted by Gasteiger charge is -2.24. The number of quaternary nitrogens is 1. The average molecular weight is 427 g/mol. The first-order valence-electron chi connectivity index (χ1n) is 9.59. The standard InChI is InChI=1S/C18H27N5O3S2/c1-14(21-22-18(27)20-13-16-3-2-12-26-16)15-4-6-17(7-5-15)28(24,25)23-10-8-19-9-11-23/h4-7,16,19H,2-3,8-13H2,1H3,(H2,20,22,27)/p+1/b21-14-/t16-/m1/s1. The van der Waals surface area contributed by atoms with Crippen LogP contribution in [0, 0.1) is 0 Å². The summed E-state index contributed by atoms with van der Waals surface area (Å²) >= 11 is 5.23. The maximum absolute atomic E-state index is 12.7. The van der Waals surface area contributed by atoms with E-state index in [1.165, 1.54) is 0 Å². The Labute approximate surface area is 171 Å². The number of nitrogens with one attached hydrogen (secondary N) is 2. The number of thiocarbonyl (C=S) groups is 1. The molecule has 0 unspecified atom stereocenters. The minimum absolute atomic E-state index is 0.206. The van der Waals surface area contributed by atoms with Crippen LogP contribution in [0.4, 0.5) is 0 Å². The first kappa shape index (κ1) is 21.1. The summed E-state index contributed by atoms with van der Waals surface area (Å²) < 4.78 is 32.5. The van der Waals surface area contributed by atoms with E-state index in [-0.39, 0.29) is 6.10 Å². The molecule has 0 aliphatic carbocycles. The number of sulfonamides is 1. The molecule has 4 N–H and O–H groups in total. The van der Waals surface area contributed by atoms with Crippen molar-refractivity contribution in [2.75, 3.05) is 39.3 Å². The van der Waals surface area contributed by atoms with Crippen LogP contribution in [0.25, 0.3) is 0 Å². The molecule has 3 rings (SSSR count). The molecule has 154 valence electrons. The van der Waals surface area contributed by atoms with E-state index in [0.717, 1.165) is 43.8 Å². The highest BCUT2D eigenvalue weighted by Gasteiger charge is 2.27. The predicted molar refractivity (Wildman–Crippen MR) is 112 cm³/mol.